The fraction of sp³-hybridized carbons (Fsp3) is 0.300. The van der Waals surface area contributed by atoms with Crippen molar-refractivity contribution in [3.8, 4) is 22.8 Å². The minimum Gasteiger partial charge on any atom is -0.496 e. The van der Waals surface area contributed by atoms with Crippen molar-refractivity contribution in [3.05, 3.63) is 36.2 Å². The molecule has 0 unspecified atom stereocenters. The van der Waals surface area contributed by atoms with Crippen LogP contribution in [-0.4, -0.2) is 41.3 Å². The number of methoxy groups -OCH3 is 2. The summed E-state index contributed by atoms with van der Waals surface area (Å²) in [7, 11) is 3.12. The highest BCUT2D eigenvalue weighted by molar-refractivity contribution is 6.07. The second kappa shape index (κ2) is 7.30. The summed E-state index contributed by atoms with van der Waals surface area (Å²) in [5.74, 6) is 0.749. The maximum Gasteiger partial charge on any atom is 0.274 e. The average molecular weight is 379 g/mol. The Morgan fingerprint density at radius 3 is 2.68 bits per heavy atom. The van der Waals surface area contributed by atoms with Crippen LogP contribution in [-0.2, 0) is 0 Å². The summed E-state index contributed by atoms with van der Waals surface area (Å²) in [5.41, 5.74) is 8.81. The number of nitrogen functional groups attached to an aromatic ring is 1. The molecule has 3 aromatic rings. The average Bonchev–Trinajstić information content (AvgIpc) is 2.70. The zero-order chi connectivity index (χ0) is 19.7. The molecule has 1 aliphatic rings. The van der Waals surface area contributed by atoms with Crippen LogP contribution in [0.2, 0.25) is 0 Å². The maximum atomic E-state index is 12.5. The van der Waals surface area contributed by atoms with Gasteiger partial charge in [0.15, 0.2) is 5.69 Å². The largest absolute Gasteiger partial charge is 0.496 e. The van der Waals surface area contributed by atoms with Gasteiger partial charge >= 0.3 is 0 Å². The molecule has 8 nitrogen and oxygen atoms in total. The van der Waals surface area contributed by atoms with Gasteiger partial charge in [-0.25, -0.2) is 4.98 Å². The second-order valence-electron chi connectivity index (χ2n) is 6.69. The summed E-state index contributed by atoms with van der Waals surface area (Å²) >= 11 is 0. The number of pyridine rings is 1. The molecule has 1 amide bonds. The zero-order valence-electron chi connectivity index (χ0n) is 15.7. The minimum absolute atomic E-state index is 0.149. The lowest BCUT2D eigenvalue weighted by Crippen LogP contribution is -2.40. The third-order valence-electron chi connectivity index (χ3n) is 5.05. The Morgan fingerprint density at radius 1 is 1.18 bits per heavy atom. The van der Waals surface area contributed by atoms with Crippen molar-refractivity contribution in [2.24, 2.45) is 0 Å². The van der Waals surface area contributed by atoms with Crippen LogP contribution in [0.3, 0.4) is 0 Å². The van der Waals surface area contributed by atoms with Crippen molar-refractivity contribution in [1.29, 1.82) is 0 Å². The number of nitrogens with one attached hydrogen (secondary N) is 1. The third kappa shape index (κ3) is 3.06. The Bertz CT molecular complexity index is 1050. The van der Waals surface area contributed by atoms with Crippen LogP contribution < -0.4 is 20.5 Å². The van der Waals surface area contributed by atoms with Crippen LogP contribution in [0.15, 0.2) is 30.5 Å². The maximum absolute atomic E-state index is 12.5. The van der Waals surface area contributed by atoms with Gasteiger partial charge in [-0.1, -0.05) is 18.2 Å². The fourth-order valence-electron chi connectivity index (χ4n) is 3.24. The lowest BCUT2D eigenvalue weighted by Gasteiger charge is -2.26. The van der Waals surface area contributed by atoms with E-state index in [4.69, 9.17) is 15.2 Å². The first-order chi connectivity index (χ1) is 13.6. The number of benzene rings is 1. The van der Waals surface area contributed by atoms with Gasteiger partial charge in [-0.15, -0.1) is 10.2 Å². The van der Waals surface area contributed by atoms with E-state index in [0.29, 0.717) is 28.2 Å². The number of carbonyl (C=O) groups is 1. The molecule has 1 saturated carbocycles. The Hall–Kier alpha value is -3.42. The molecule has 0 spiro atoms. The van der Waals surface area contributed by atoms with Gasteiger partial charge in [0, 0.05) is 34.8 Å². The van der Waals surface area contributed by atoms with E-state index in [0.717, 1.165) is 30.4 Å². The quantitative estimate of drug-likeness (QED) is 0.700. The van der Waals surface area contributed by atoms with E-state index in [2.05, 4.69) is 20.5 Å². The summed E-state index contributed by atoms with van der Waals surface area (Å²) in [4.78, 5) is 16.8. The van der Waals surface area contributed by atoms with Gasteiger partial charge in [-0.3, -0.25) is 4.79 Å². The number of hydrogen-bond donors (Lipinski definition) is 2. The molecule has 144 valence electrons. The predicted octanol–water partition coefficient (Wildman–Crippen LogP) is 2.57. The molecule has 28 heavy (non-hydrogen) atoms. The van der Waals surface area contributed by atoms with Crippen LogP contribution >= 0.6 is 0 Å². The minimum atomic E-state index is -0.286. The zero-order valence-corrected chi connectivity index (χ0v) is 15.7. The van der Waals surface area contributed by atoms with Gasteiger partial charge in [-0.2, -0.15) is 0 Å². The van der Waals surface area contributed by atoms with Gasteiger partial charge in [0.2, 0.25) is 5.88 Å². The SMILES string of the molecule is COc1cc(OC)c(-c2cccc3c(N)c(C(=O)NC4CCC4)nnc23)cn1. The van der Waals surface area contributed by atoms with Gasteiger partial charge < -0.3 is 20.5 Å². The molecule has 3 N–H and O–H groups in total. The fourth-order valence-corrected chi connectivity index (χ4v) is 3.24. The highest BCUT2D eigenvalue weighted by Crippen LogP contribution is 2.36. The topological polar surface area (TPSA) is 112 Å². The third-order valence-corrected chi connectivity index (χ3v) is 5.05. The number of ether oxygens (including phenoxy) is 2. The molecule has 8 heteroatoms. The van der Waals surface area contributed by atoms with E-state index in [1.807, 2.05) is 18.2 Å². The number of rotatable bonds is 5. The summed E-state index contributed by atoms with van der Waals surface area (Å²) in [6, 6.07) is 7.46. The Morgan fingerprint density at radius 2 is 2.00 bits per heavy atom. The van der Waals surface area contributed by atoms with Crippen LogP contribution in [0.1, 0.15) is 29.8 Å². The first-order valence-electron chi connectivity index (χ1n) is 9.06. The number of fused-ring (bicyclic) bond motifs is 1. The smallest absolute Gasteiger partial charge is 0.274 e. The number of carbonyl (C=O) groups excluding carboxylic acids is 1. The first kappa shape index (κ1) is 18.0. The highest BCUT2D eigenvalue weighted by Gasteiger charge is 2.24. The van der Waals surface area contributed by atoms with E-state index in [-0.39, 0.29) is 17.6 Å². The van der Waals surface area contributed by atoms with Crippen LogP contribution in [0, 0.1) is 0 Å². The summed E-state index contributed by atoms with van der Waals surface area (Å²) < 4.78 is 10.6. The molecule has 1 aliphatic carbocycles. The lowest BCUT2D eigenvalue weighted by molar-refractivity contribution is 0.0912. The van der Waals surface area contributed by atoms with Crippen LogP contribution in [0.4, 0.5) is 5.69 Å². The number of nitrogens with two attached hydrogens (primary N) is 1. The van der Waals surface area contributed by atoms with E-state index >= 15 is 0 Å². The van der Waals surface area contributed by atoms with Gasteiger partial charge in [0.05, 0.1) is 19.9 Å². The van der Waals surface area contributed by atoms with Gasteiger partial charge in [0.1, 0.15) is 11.3 Å². The van der Waals surface area contributed by atoms with Crippen molar-refractivity contribution < 1.29 is 14.3 Å². The summed E-state index contributed by atoms with van der Waals surface area (Å²) in [6.07, 6.45) is 4.76. The molecule has 2 heterocycles. The second-order valence-corrected chi connectivity index (χ2v) is 6.69. The van der Waals surface area contributed by atoms with E-state index in [9.17, 15) is 4.79 Å². The normalized spacial score (nSPS) is 13.8. The van der Waals surface area contributed by atoms with Crippen LogP contribution in [0.25, 0.3) is 22.0 Å². The molecule has 1 aromatic carbocycles. The van der Waals surface area contributed by atoms with Crippen molar-refractivity contribution in [2.45, 2.75) is 25.3 Å². The molecule has 0 bridgehead atoms. The number of anilines is 1. The Balaban J connectivity index is 1.79. The monoisotopic (exact) mass is 379 g/mol. The molecule has 0 aliphatic heterocycles. The highest BCUT2D eigenvalue weighted by atomic mass is 16.5. The Labute approximate surface area is 162 Å². The molecule has 2 aromatic heterocycles. The molecular weight excluding hydrogens is 358 g/mol. The summed E-state index contributed by atoms with van der Waals surface area (Å²) in [6.45, 7) is 0. The van der Waals surface area contributed by atoms with Crippen molar-refractivity contribution in [3.63, 3.8) is 0 Å². The number of amides is 1. The predicted molar refractivity (Wildman–Crippen MR) is 105 cm³/mol. The Kier molecular flexibility index (Phi) is 4.68. The summed E-state index contributed by atoms with van der Waals surface area (Å²) in [5, 5.41) is 12.0. The van der Waals surface area contributed by atoms with Gasteiger partial charge in [0.25, 0.3) is 5.91 Å². The van der Waals surface area contributed by atoms with Crippen molar-refractivity contribution in [1.82, 2.24) is 20.5 Å². The van der Waals surface area contributed by atoms with Crippen molar-refractivity contribution in [2.75, 3.05) is 20.0 Å². The van der Waals surface area contributed by atoms with E-state index < -0.39 is 0 Å². The first-order valence-corrected chi connectivity index (χ1v) is 9.06. The van der Waals surface area contributed by atoms with E-state index in [1.54, 1.807) is 26.5 Å². The molecule has 1 fully saturated rings. The van der Waals surface area contributed by atoms with Crippen LogP contribution in [0.5, 0.6) is 11.6 Å². The molecule has 0 atom stereocenters. The molecule has 0 saturated heterocycles. The lowest BCUT2D eigenvalue weighted by atomic mass is 9.93. The van der Waals surface area contributed by atoms with Gasteiger partial charge in [-0.05, 0) is 19.3 Å². The number of nitrogens with zero attached hydrogens (tertiary/aromatic N) is 3. The number of aromatic nitrogens is 3. The van der Waals surface area contributed by atoms with E-state index in [1.165, 1.54) is 0 Å². The molecule has 0 radical (unpaired) electrons. The van der Waals surface area contributed by atoms with Crippen molar-refractivity contribution >= 4 is 22.5 Å². The molecule has 4 rings (SSSR count). The standard InChI is InChI=1S/C20H21N5O3/c1-27-15-9-16(28-2)22-10-14(15)12-7-4-8-13-17(21)19(25-24-18(12)13)20(26)23-11-5-3-6-11/h4,7-11H,3,5-6H2,1-2H3,(H2,21,24)(H,23,26). The molecular formula is C20H21N5O3. The number of hydrogen-bond acceptors (Lipinski definition) is 7.